The Hall–Kier alpha value is -2.13. The van der Waals surface area contributed by atoms with Gasteiger partial charge in [-0.2, -0.15) is 8.42 Å². The van der Waals surface area contributed by atoms with Gasteiger partial charge in [0.15, 0.2) is 0 Å². The number of methoxy groups -OCH3 is 2. The Morgan fingerprint density at radius 2 is 1.74 bits per heavy atom. The number of benzene rings is 1. The largest absolute Gasteiger partial charge is 0.465 e. The van der Waals surface area contributed by atoms with Crippen LogP contribution in [-0.2, 0) is 19.7 Å². The summed E-state index contributed by atoms with van der Waals surface area (Å²) in [5.74, 6) is -1.46. The van der Waals surface area contributed by atoms with E-state index < -0.39 is 22.1 Å². The van der Waals surface area contributed by atoms with Crippen LogP contribution in [0, 0.1) is 0 Å². The maximum Gasteiger partial charge on any atom is 0.339 e. The van der Waals surface area contributed by atoms with Crippen molar-refractivity contribution < 1.29 is 27.5 Å². The monoisotopic (exact) mass is 288 g/mol. The lowest BCUT2D eigenvalue weighted by Gasteiger charge is -2.10. The lowest BCUT2D eigenvalue weighted by Crippen LogP contribution is -2.23. The highest BCUT2D eigenvalue weighted by Gasteiger charge is 2.17. The first kappa shape index (κ1) is 14.9. The SMILES string of the molecule is COC(=O)c1ccc(C(=O)OC)c(NS(N)(=O)=O)c1. The number of nitrogens with one attached hydrogen (secondary N) is 1. The van der Waals surface area contributed by atoms with E-state index in [1.165, 1.54) is 19.2 Å². The van der Waals surface area contributed by atoms with Gasteiger partial charge in [-0.3, -0.25) is 4.72 Å². The molecule has 0 aliphatic rings. The van der Waals surface area contributed by atoms with Gasteiger partial charge in [-0.05, 0) is 18.2 Å². The number of carbonyl (C=O) groups is 2. The topological polar surface area (TPSA) is 125 Å². The van der Waals surface area contributed by atoms with Crippen molar-refractivity contribution in [3.8, 4) is 0 Å². The van der Waals surface area contributed by atoms with Crippen LogP contribution in [0.4, 0.5) is 5.69 Å². The maximum atomic E-state index is 11.5. The second-order valence-electron chi connectivity index (χ2n) is 3.39. The standard InChI is InChI=1S/C10H12N2O6S/c1-17-9(13)6-3-4-7(10(14)18-2)8(5-6)12-19(11,15)16/h3-5,12H,1-2H3,(H2,11,15,16). The third kappa shape index (κ3) is 3.93. The lowest BCUT2D eigenvalue weighted by molar-refractivity contribution is 0.0587. The Morgan fingerprint density at radius 3 is 2.21 bits per heavy atom. The molecule has 0 unspecified atom stereocenters. The zero-order valence-corrected chi connectivity index (χ0v) is 11.0. The van der Waals surface area contributed by atoms with Crippen LogP contribution < -0.4 is 9.86 Å². The molecule has 1 rings (SSSR count). The number of nitrogens with two attached hydrogens (primary N) is 1. The van der Waals surface area contributed by atoms with E-state index in [1.54, 1.807) is 0 Å². The highest BCUT2D eigenvalue weighted by Crippen LogP contribution is 2.20. The fourth-order valence-corrected chi connectivity index (χ4v) is 1.79. The Balaban J connectivity index is 3.34. The van der Waals surface area contributed by atoms with Gasteiger partial charge in [0.05, 0.1) is 31.0 Å². The molecule has 104 valence electrons. The summed E-state index contributed by atoms with van der Waals surface area (Å²) in [5, 5.41) is 4.83. The molecule has 1 aromatic rings. The van der Waals surface area contributed by atoms with Crippen molar-refractivity contribution >= 4 is 27.8 Å². The maximum absolute atomic E-state index is 11.5. The zero-order chi connectivity index (χ0) is 14.6. The Bertz CT molecular complexity index is 610. The number of anilines is 1. The summed E-state index contributed by atoms with van der Waals surface area (Å²) >= 11 is 0. The minimum absolute atomic E-state index is 0.0568. The van der Waals surface area contributed by atoms with Crippen LogP contribution in [0.15, 0.2) is 18.2 Å². The summed E-state index contributed by atoms with van der Waals surface area (Å²) in [6.07, 6.45) is 0. The molecule has 0 saturated carbocycles. The molecular formula is C10H12N2O6S. The van der Waals surface area contributed by atoms with E-state index >= 15 is 0 Å². The molecule has 19 heavy (non-hydrogen) atoms. The van der Waals surface area contributed by atoms with Gasteiger partial charge in [0.2, 0.25) is 0 Å². The molecule has 0 aliphatic heterocycles. The quantitative estimate of drug-likeness (QED) is 0.744. The van der Waals surface area contributed by atoms with Crippen molar-refractivity contribution in [1.82, 2.24) is 0 Å². The van der Waals surface area contributed by atoms with Crippen molar-refractivity contribution in [3.05, 3.63) is 29.3 Å². The smallest absolute Gasteiger partial charge is 0.339 e. The van der Waals surface area contributed by atoms with Gasteiger partial charge in [-0.15, -0.1) is 0 Å². The van der Waals surface area contributed by atoms with E-state index in [0.29, 0.717) is 0 Å². The lowest BCUT2D eigenvalue weighted by atomic mass is 10.1. The number of esters is 2. The van der Waals surface area contributed by atoms with Crippen molar-refractivity contribution in [2.75, 3.05) is 18.9 Å². The average Bonchev–Trinajstić information content (AvgIpc) is 2.35. The number of hydrogen-bond acceptors (Lipinski definition) is 6. The molecule has 0 spiro atoms. The summed E-state index contributed by atoms with van der Waals surface area (Å²) in [4.78, 5) is 22.8. The molecule has 0 atom stereocenters. The average molecular weight is 288 g/mol. The van der Waals surface area contributed by atoms with Crippen LogP contribution in [-0.4, -0.2) is 34.6 Å². The van der Waals surface area contributed by atoms with E-state index in [2.05, 4.69) is 9.47 Å². The molecule has 0 bridgehead atoms. The van der Waals surface area contributed by atoms with Crippen LogP contribution in [0.25, 0.3) is 0 Å². The predicted molar refractivity (Wildman–Crippen MR) is 65.9 cm³/mol. The molecule has 0 amide bonds. The van der Waals surface area contributed by atoms with Gasteiger partial charge in [-0.25, -0.2) is 14.7 Å². The number of carbonyl (C=O) groups excluding carboxylic acids is 2. The third-order valence-corrected chi connectivity index (χ3v) is 2.60. The molecule has 3 N–H and O–H groups in total. The first-order valence-corrected chi connectivity index (χ1v) is 6.44. The van der Waals surface area contributed by atoms with Gasteiger partial charge in [0.25, 0.3) is 10.2 Å². The summed E-state index contributed by atoms with van der Waals surface area (Å²) in [6, 6.07) is 3.65. The molecule has 0 heterocycles. The predicted octanol–water partition coefficient (Wildman–Crippen LogP) is -0.125. The molecule has 0 radical (unpaired) electrons. The van der Waals surface area contributed by atoms with Crippen molar-refractivity contribution in [3.63, 3.8) is 0 Å². The summed E-state index contributed by atoms with van der Waals surface area (Å²) in [6.45, 7) is 0. The third-order valence-electron chi connectivity index (χ3n) is 2.10. The molecule has 0 saturated heterocycles. The highest BCUT2D eigenvalue weighted by atomic mass is 32.2. The summed E-state index contributed by atoms with van der Waals surface area (Å²) in [7, 11) is -1.79. The van der Waals surface area contributed by atoms with Gasteiger partial charge in [-0.1, -0.05) is 0 Å². The van der Waals surface area contributed by atoms with Crippen LogP contribution in [0.3, 0.4) is 0 Å². The van der Waals surface area contributed by atoms with E-state index in [4.69, 9.17) is 5.14 Å². The Kier molecular flexibility index (Phi) is 4.46. The minimum Gasteiger partial charge on any atom is -0.465 e. The van der Waals surface area contributed by atoms with Crippen LogP contribution in [0.1, 0.15) is 20.7 Å². The zero-order valence-electron chi connectivity index (χ0n) is 10.2. The molecule has 9 heteroatoms. The summed E-state index contributed by atoms with van der Waals surface area (Å²) < 4.78 is 32.9. The van der Waals surface area contributed by atoms with Gasteiger partial charge in [0.1, 0.15) is 0 Å². The second kappa shape index (κ2) is 5.67. The van der Waals surface area contributed by atoms with Gasteiger partial charge < -0.3 is 9.47 Å². The fourth-order valence-electron chi connectivity index (χ4n) is 1.31. The van der Waals surface area contributed by atoms with E-state index in [1.807, 2.05) is 4.72 Å². The van der Waals surface area contributed by atoms with E-state index in [-0.39, 0.29) is 16.8 Å². The van der Waals surface area contributed by atoms with Crippen LogP contribution >= 0.6 is 0 Å². The molecule has 0 fully saturated rings. The second-order valence-corrected chi connectivity index (χ2v) is 4.68. The van der Waals surface area contributed by atoms with Crippen molar-refractivity contribution in [2.24, 2.45) is 5.14 Å². The van der Waals surface area contributed by atoms with Crippen molar-refractivity contribution in [2.45, 2.75) is 0 Å². The normalized spacial score (nSPS) is 10.7. The Labute approximate surface area is 109 Å². The fraction of sp³-hybridized carbons (Fsp3) is 0.200. The molecule has 0 aromatic heterocycles. The first-order valence-electron chi connectivity index (χ1n) is 4.89. The summed E-state index contributed by atoms with van der Waals surface area (Å²) in [5.41, 5.74) is -0.192. The molecule has 1 aromatic carbocycles. The van der Waals surface area contributed by atoms with Gasteiger partial charge in [0, 0.05) is 0 Å². The van der Waals surface area contributed by atoms with Gasteiger partial charge >= 0.3 is 11.9 Å². The number of rotatable bonds is 4. The number of hydrogen-bond donors (Lipinski definition) is 2. The van der Waals surface area contributed by atoms with Crippen molar-refractivity contribution in [1.29, 1.82) is 0 Å². The molecule has 0 aliphatic carbocycles. The number of ether oxygens (including phenoxy) is 2. The Morgan fingerprint density at radius 1 is 1.16 bits per heavy atom. The molecular weight excluding hydrogens is 276 g/mol. The van der Waals surface area contributed by atoms with Crippen LogP contribution in [0.5, 0.6) is 0 Å². The molecule has 8 nitrogen and oxygen atoms in total. The van der Waals surface area contributed by atoms with E-state index in [0.717, 1.165) is 13.2 Å². The van der Waals surface area contributed by atoms with Crippen LogP contribution in [0.2, 0.25) is 0 Å². The highest BCUT2D eigenvalue weighted by molar-refractivity contribution is 7.90. The van der Waals surface area contributed by atoms with E-state index in [9.17, 15) is 18.0 Å². The minimum atomic E-state index is -4.10. The first-order chi connectivity index (χ1) is 8.78.